The first-order chi connectivity index (χ1) is 13.7. The van der Waals surface area contributed by atoms with Crippen molar-refractivity contribution in [1.29, 1.82) is 0 Å². The van der Waals surface area contributed by atoms with E-state index in [1.807, 2.05) is 20.8 Å². The standard InChI is InChI=1S/C22H27N3O4.ClH/c1-4-28-18-13-22(24,21(18,2)3)20(27)25-14-9-11-15(12-10-14)29-17-8-6-5-7-16(17)19(23)26;/h5-12,18H,4,13,24H2,1-3H3,(H2,23,26)(H,25,27);1H. The van der Waals surface area contributed by atoms with E-state index in [4.69, 9.17) is 20.9 Å². The third kappa shape index (κ3) is 4.28. The first-order valence-corrected chi connectivity index (χ1v) is 9.57. The molecule has 162 valence electrons. The van der Waals surface area contributed by atoms with Crippen LogP contribution in [0.2, 0.25) is 0 Å². The highest BCUT2D eigenvalue weighted by molar-refractivity contribution is 6.00. The van der Waals surface area contributed by atoms with Crippen LogP contribution >= 0.6 is 12.4 Å². The van der Waals surface area contributed by atoms with E-state index in [1.54, 1.807) is 48.5 Å². The number of carbonyl (C=O) groups excluding carboxylic acids is 2. The van der Waals surface area contributed by atoms with Gasteiger partial charge in [-0.3, -0.25) is 9.59 Å². The number of rotatable bonds is 7. The molecule has 1 fully saturated rings. The second-order valence-electron chi connectivity index (χ2n) is 7.78. The van der Waals surface area contributed by atoms with Gasteiger partial charge < -0.3 is 26.3 Å². The van der Waals surface area contributed by atoms with Gasteiger partial charge in [0.2, 0.25) is 5.91 Å². The van der Waals surface area contributed by atoms with E-state index in [0.29, 0.717) is 35.8 Å². The predicted molar refractivity (Wildman–Crippen MR) is 118 cm³/mol. The number of carbonyl (C=O) groups is 2. The Morgan fingerprint density at radius 1 is 1.13 bits per heavy atom. The molecule has 0 aromatic heterocycles. The first-order valence-electron chi connectivity index (χ1n) is 9.57. The molecule has 7 nitrogen and oxygen atoms in total. The molecule has 5 N–H and O–H groups in total. The summed E-state index contributed by atoms with van der Waals surface area (Å²) in [5.41, 5.74) is 11.2. The molecule has 2 unspecified atom stereocenters. The molecule has 2 aromatic carbocycles. The average molecular weight is 434 g/mol. The number of primary amides is 1. The molecule has 0 heterocycles. The third-order valence-corrected chi connectivity index (χ3v) is 5.73. The van der Waals surface area contributed by atoms with Gasteiger partial charge >= 0.3 is 0 Å². The zero-order valence-electron chi connectivity index (χ0n) is 17.3. The SMILES string of the molecule is CCOC1CC(N)(C(=O)Nc2ccc(Oc3ccccc3C(N)=O)cc2)C1(C)C.Cl. The Kier molecular flexibility index (Phi) is 7.13. The molecule has 2 amide bonds. The minimum absolute atomic E-state index is 0. The number of amides is 2. The Labute approximate surface area is 182 Å². The zero-order chi connectivity index (χ0) is 21.2. The van der Waals surface area contributed by atoms with Crippen molar-refractivity contribution in [2.24, 2.45) is 16.9 Å². The summed E-state index contributed by atoms with van der Waals surface area (Å²) in [4.78, 5) is 24.3. The van der Waals surface area contributed by atoms with Crippen molar-refractivity contribution < 1.29 is 19.1 Å². The van der Waals surface area contributed by atoms with E-state index in [-0.39, 0.29) is 24.4 Å². The highest BCUT2D eigenvalue weighted by Gasteiger charge is 2.62. The number of hydrogen-bond acceptors (Lipinski definition) is 5. The molecule has 0 spiro atoms. The van der Waals surface area contributed by atoms with Crippen molar-refractivity contribution >= 4 is 29.9 Å². The Balaban J connectivity index is 0.00000320. The number of ether oxygens (including phenoxy) is 2. The number of nitrogens with one attached hydrogen (secondary N) is 1. The summed E-state index contributed by atoms with van der Waals surface area (Å²) < 4.78 is 11.4. The maximum absolute atomic E-state index is 12.8. The summed E-state index contributed by atoms with van der Waals surface area (Å²) in [6.45, 7) is 6.41. The van der Waals surface area contributed by atoms with Crippen LogP contribution in [0.15, 0.2) is 48.5 Å². The van der Waals surface area contributed by atoms with Gasteiger partial charge in [-0.15, -0.1) is 12.4 Å². The predicted octanol–water partition coefficient (Wildman–Crippen LogP) is 3.47. The molecule has 0 bridgehead atoms. The summed E-state index contributed by atoms with van der Waals surface area (Å²) in [7, 11) is 0. The van der Waals surface area contributed by atoms with Gasteiger partial charge in [0.1, 0.15) is 17.0 Å². The Morgan fingerprint density at radius 3 is 2.33 bits per heavy atom. The van der Waals surface area contributed by atoms with Crippen molar-refractivity contribution in [1.82, 2.24) is 0 Å². The number of nitrogens with two attached hydrogens (primary N) is 2. The normalized spacial score (nSPS) is 21.7. The lowest BCUT2D eigenvalue weighted by atomic mass is 9.54. The molecule has 8 heteroatoms. The minimum atomic E-state index is -0.998. The van der Waals surface area contributed by atoms with Crippen LogP contribution in [0.25, 0.3) is 0 Å². The molecule has 0 aliphatic heterocycles. The molecular formula is C22H28ClN3O4. The van der Waals surface area contributed by atoms with Crippen LogP contribution in [0.5, 0.6) is 11.5 Å². The third-order valence-electron chi connectivity index (χ3n) is 5.73. The number of para-hydroxylation sites is 1. The summed E-state index contributed by atoms with van der Waals surface area (Å²) in [6, 6.07) is 13.6. The van der Waals surface area contributed by atoms with Crippen molar-refractivity contribution in [3.63, 3.8) is 0 Å². The van der Waals surface area contributed by atoms with Crippen molar-refractivity contribution in [2.75, 3.05) is 11.9 Å². The van der Waals surface area contributed by atoms with Crippen LogP contribution in [-0.4, -0.2) is 30.1 Å². The van der Waals surface area contributed by atoms with Gasteiger partial charge in [-0.2, -0.15) is 0 Å². The minimum Gasteiger partial charge on any atom is -0.457 e. The molecule has 1 saturated carbocycles. The molecule has 1 aliphatic carbocycles. The monoisotopic (exact) mass is 433 g/mol. The average Bonchev–Trinajstić information content (AvgIpc) is 2.69. The first kappa shape index (κ1) is 23.7. The number of benzene rings is 2. The number of hydrogen-bond donors (Lipinski definition) is 3. The van der Waals surface area contributed by atoms with Crippen LogP contribution in [0, 0.1) is 5.41 Å². The summed E-state index contributed by atoms with van der Waals surface area (Å²) in [5, 5.41) is 2.87. The quantitative estimate of drug-likeness (QED) is 0.618. The zero-order valence-corrected chi connectivity index (χ0v) is 18.1. The smallest absolute Gasteiger partial charge is 0.252 e. The summed E-state index contributed by atoms with van der Waals surface area (Å²) in [5.74, 6) is 0.0767. The highest BCUT2D eigenvalue weighted by atomic mass is 35.5. The fraction of sp³-hybridized carbons (Fsp3) is 0.364. The van der Waals surface area contributed by atoms with Gasteiger partial charge in [0.05, 0.1) is 11.7 Å². The molecule has 2 atom stereocenters. The largest absolute Gasteiger partial charge is 0.457 e. The molecule has 1 aliphatic rings. The van der Waals surface area contributed by atoms with E-state index in [1.165, 1.54) is 0 Å². The Bertz CT molecular complexity index is 917. The molecular weight excluding hydrogens is 406 g/mol. The van der Waals surface area contributed by atoms with Gasteiger partial charge in [-0.25, -0.2) is 0 Å². The van der Waals surface area contributed by atoms with Gasteiger partial charge in [0.15, 0.2) is 0 Å². The maximum Gasteiger partial charge on any atom is 0.252 e. The lowest BCUT2D eigenvalue weighted by molar-refractivity contribution is -0.166. The lowest BCUT2D eigenvalue weighted by Gasteiger charge is -2.57. The fourth-order valence-electron chi connectivity index (χ4n) is 3.56. The highest BCUT2D eigenvalue weighted by Crippen LogP contribution is 2.50. The van der Waals surface area contributed by atoms with E-state index < -0.39 is 16.9 Å². The number of anilines is 1. The lowest BCUT2D eigenvalue weighted by Crippen LogP contribution is -2.74. The second kappa shape index (κ2) is 9.04. The van der Waals surface area contributed by atoms with Gasteiger partial charge in [0.25, 0.3) is 5.91 Å². The van der Waals surface area contributed by atoms with Crippen LogP contribution < -0.4 is 21.5 Å². The van der Waals surface area contributed by atoms with Gasteiger partial charge in [-0.1, -0.05) is 26.0 Å². The van der Waals surface area contributed by atoms with Crippen LogP contribution in [0.4, 0.5) is 5.69 Å². The fourth-order valence-corrected chi connectivity index (χ4v) is 3.56. The van der Waals surface area contributed by atoms with Gasteiger partial charge in [-0.05, 0) is 43.3 Å². The molecule has 30 heavy (non-hydrogen) atoms. The topological polar surface area (TPSA) is 117 Å². The molecule has 3 rings (SSSR count). The van der Waals surface area contributed by atoms with E-state index in [9.17, 15) is 9.59 Å². The van der Waals surface area contributed by atoms with E-state index >= 15 is 0 Å². The summed E-state index contributed by atoms with van der Waals surface area (Å²) >= 11 is 0. The van der Waals surface area contributed by atoms with Crippen molar-refractivity contribution in [2.45, 2.75) is 38.8 Å². The summed E-state index contributed by atoms with van der Waals surface area (Å²) in [6.07, 6.45) is 0.439. The van der Waals surface area contributed by atoms with Gasteiger partial charge in [0, 0.05) is 24.1 Å². The van der Waals surface area contributed by atoms with Crippen LogP contribution in [0.3, 0.4) is 0 Å². The van der Waals surface area contributed by atoms with E-state index in [0.717, 1.165) is 0 Å². The van der Waals surface area contributed by atoms with Crippen molar-refractivity contribution in [3.05, 3.63) is 54.1 Å². The van der Waals surface area contributed by atoms with Crippen LogP contribution in [0.1, 0.15) is 37.6 Å². The maximum atomic E-state index is 12.8. The number of halogens is 1. The Morgan fingerprint density at radius 2 is 1.77 bits per heavy atom. The van der Waals surface area contributed by atoms with E-state index in [2.05, 4.69) is 5.32 Å². The Hall–Kier alpha value is -2.61. The molecule has 2 aromatic rings. The second-order valence-corrected chi connectivity index (χ2v) is 7.78. The van der Waals surface area contributed by atoms with Crippen LogP contribution in [-0.2, 0) is 9.53 Å². The molecule has 0 radical (unpaired) electrons. The van der Waals surface area contributed by atoms with Crippen molar-refractivity contribution in [3.8, 4) is 11.5 Å². The molecule has 0 saturated heterocycles.